The van der Waals surface area contributed by atoms with Gasteiger partial charge in [0.1, 0.15) is 5.52 Å². The summed E-state index contributed by atoms with van der Waals surface area (Å²) in [4.78, 5) is 43.3. The normalized spacial score (nSPS) is 15.1. The largest absolute Gasteiger partial charge is 0.348 e. The van der Waals surface area contributed by atoms with Gasteiger partial charge in [0.25, 0.3) is 17.4 Å². The zero-order valence-electron chi connectivity index (χ0n) is 15.7. The van der Waals surface area contributed by atoms with E-state index in [0.29, 0.717) is 42.0 Å². The summed E-state index contributed by atoms with van der Waals surface area (Å²) in [6.07, 6.45) is 3.06. The maximum atomic E-state index is 12.8. The third-order valence-electron chi connectivity index (χ3n) is 4.90. The lowest BCUT2D eigenvalue weighted by Crippen LogP contribution is -2.46. The summed E-state index contributed by atoms with van der Waals surface area (Å²) in [5.41, 5.74) is 1.02. The average molecular weight is 399 g/mol. The minimum atomic E-state index is -0.267. The van der Waals surface area contributed by atoms with Crippen molar-refractivity contribution in [2.45, 2.75) is 32.7 Å². The van der Waals surface area contributed by atoms with E-state index in [4.69, 9.17) is 0 Å². The van der Waals surface area contributed by atoms with Crippen LogP contribution in [0.1, 0.15) is 43.6 Å². The molecule has 0 unspecified atom stereocenters. The third-order valence-corrected chi connectivity index (χ3v) is 5.90. The molecule has 2 amide bonds. The van der Waals surface area contributed by atoms with Crippen LogP contribution in [-0.2, 0) is 0 Å². The van der Waals surface area contributed by atoms with Crippen molar-refractivity contribution in [3.05, 3.63) is 55.9 Å². The highest BCUT2D eigenvalue weighted by atomic mass is 32.1. The quantitative estimate of drug-likeness (QED) is 0.701. The van der Waals surface area contributed by atoms with Crippen LogP contribution in [0.25, 0.3) is 5.52 Å². The van der Waals surface area contributed by atoms with Gasteiger partial charge >= 0.3 is 0 Å². The summed E-state index contributed by atoms with van der Waals surface area (Å²) in [5, 5.41) is 7.31. The number of likely N-dealkylation sites (tertiary alicyclic amines) is 1. The Morgan fingerprint density at radius 2 is 2.00 bits per heavy atom. The van der Waals surface area contributed by atoms with E-state index in [1.165, 1.54) is 21.9 Å². The minimum absolute atomic E-state index is 0.0468. The highest BCUT2D eigenvalue weighted by Gasteiger charge is 2.26. The van der Waals surface area contributed by atoms with Gasteiger partial charge in [0.2, 0.25) is 0 Å². The van der Waals surface area contributed by atoms with Crippen LogP contribution in [0.2, 0.25) is 0 Å². The Morgan fingerprint density at radius 3 is 2.68 bits per heavy atom. The topological polar surface area (TPSA) is 99.6 Å². The van der Waals surface area contributed by atoms with E-state index in [9.17, 15) is 14.4 Å². The highest BCUT2D eigenvalue weighted by Crippen LogP contribution is 2.18. The summed E-state index contributed by atoms with van der Waals surface area (Å²) in [7, 11) is 0. The first-order valence-corrected chi connectivity index (χ1v) is 9.98. The van der Waals surface area contributed by atoms with E-state index in [1.807, 2.05) is 19.1 Å². The van der Waals surface area contributed by atoms with Crippen LogP contribution in [0.15, 0.2) is 29.2 Å². The molecule has 4 rings (SSSR count). The van der Waals surface area contributed by atoms with Gasteiger partial charge in [-0.05, 0) is 38.8 Å². The van der Waals surface area contributed by atoms with E-state index in [-0.39, 0.29) is 29.1 Å². The number of hydrogen-bond donors (Lipinski definition) is 2. The fourth-order valence-electron chi connectivity index (χ4n) is 3.43. The number of fused-ring (bicyclic) bond motifs is 1. The van der Waals surface area contributed by atoms with Crippen molar-refractivity contribution in [2.24, 2.45) is 0 Å². The number of aromatic nitrogens is 3. The van der Waals surface area contributed by atoms with Crippen molar-refractivity contribution in [3.8, 4) is 0 Å². The number of amides is 2. The second kappa shape index (κ2) is 7.23. The maximum Gasteiger partial charge on any atom is 0.274 e. The Labute approximate surface area is 165 Å². The molecule has 28 heavy (non-hydrogen) atoms. The number of carbonyl (C=O) groups is 2. The van der Waals surface area contributed by atoms with Crippen LogP contribution in [0.4, 0.5) is 0 Å². The van der Waals surface area contributed by atoms with E-state index >= 15 is 0 Å². The lowest BCUT2D eigenvalue weighted by molar-refractivity contribution is 0.0692. The molecule has 146 valence electrons. The van der Waals surface area contributed by atoms with Crippen molar-refractivity contribution < 1.29 is 9.59 Å². The molecule has 0 bridgehead atoms. The fourth-order valence-corrected chi connectivity index (χ4v) is 4.20. The van der Waals surface area contributed by atoms with E-state index in [1.54, 1.807) is 18.0 Å². The van der Waals surface area contributed by atoms with E-state index in [0.717, 1.165) is 4.88 Å². The second-order valence-electron chi connectivity index (χ2n) is 7.08. The molecule has 2 N–H and O–H groups in total. The molecule has 0 atom stereocenters. The first kappa shape index (κ1) is 18.4. The van der Waals surface area contributed by atoms with Crippen molar-refractivity contribution >= 4 is 28.7 Å². The maximum absolute atomic E-state index is 12.8. The summed E-state index contributed by atoms with van der Waals surface area (Å²) in [6.45, 7) is 4.81. The molecule has 4 heterocycles. The number of piperidine rings is 1. The van der Waals surface area contributed by atoms with E-state index in [2.05, 4.69) is 15.4 Å². The molecule has 3 aromatic heterocycles. The smallest absolute Gasteiger partial charge is 0.274 e. The van der Waals surface area contributed by atoms with Crippen molar-refractivity contribution in [1.82, 2.24) is 24.8 Å². The number of thiophene rings is 1. The number of rotatable bonds is 3. The van der Waals surface area contributed by atoms with Crippen LogP contribution in [-0.4, -0.2) is 50.4 Å². The number of H-pyrrole nitrogens is 1. The predicted octanol–water partition coefficient (Wildman–Crippen LogP) is 1.74. The number of aromatic amines is 1. The van der Waals surface area contributed by atoms with Crippen LogP contribution < -0.4 is 10.9 Å². The third kappa shape index (κ3) is 3.57. The molecule has 1 fully saturated rings. The van der Waals surface area contributed by atoms with Gasteiger partial charge < -0.3 is 15.2 Å². The van der Waals surface area contributed by atoms with Crippen molar-refractivity contribution in [3.63, 3.8) is 0 Å². The van der Waals surface area contributed by atoms with Gasteiger partial charge in [0.05, 0.1) is 4.88 Å². The van der Waals surface area contributed by atoms with Crippen LogP contribution in [0.5, 0.6) is 0 Å². The Morgan fingerprint density at radius 1 is 1.25 bits per heavy atom. The first-order chi connectivity index (χ1) is 13.4. The molecular weight excluding hydrogens is 378 g/mol. The minimum Gasteiger partial charge on any atom is -0.348 e. The molecule has 9 heteroatoms. The monoisotopic (exact) mass is 399 g/mol. The predicted molar refractivity (Wildman–Crippen MR) is 106 cm³/mol. The Balaban J connectivity index is 1.39. The van der Waals surface area contributed by atoms with E-state index < -0.39 is 0 Å². The summed E-state index contributed by atoms with van der Waals surface area (Å²) in [5.74, 6) is -0.253. The molecule has 0 aromatic carbocycles. The Kier molecular flexibility index (Phi) is 4.76. The molecule has 1 aliphatic heterocycles. The van der Waals surface area contributed by atoms with Gasteiger partial charge in [-0.2, -0.15) is 5.10 Å². The molecule has 0 aliphatic carbocycles. The molecule has 0 radical (unpaired) electrons. The van der Waals surface area contributed by atoms with Gasteiger partial charge in [-0.1, -0.05) is 0 Å². The number of nitrogens with one attached hydrogen (secondary N) is 2. The highest BCUT2D eigenvalue weighted by molar-refractivity contribution is 7.13. The van der Waals surface area contributed by atoms with Gasteiger partial charge in [0, 0.05) is 42.0 Å². The van der Waals surface area contributed by atoms with Gasteiger partial charge in [-0.15, -0.1) is 11.3 Å². The van der Waals surface area contributed by atoms with Gasteiger partial charge in [-0.3, -0.25) is 14.4 Å². The van der Waals surface area contributed by atoms with Crippen LogP contribution in [0.3, 0.4) is 0 Å². The first-order valence-electron chi connectivity index (χ1n) is 9.16. The zero-order valence-corrected chi connectivity index (χ0v) is 16.5. The number of carbonyl (C=O) groups excluding carboxylic acids is 2. The molecule has 1 saturated heterocycles. The standard InChI is InChI=1S/C19H21N5O3S/c1-11-10-24-15(17(25)20-11)9-14(22-24)19(27)23-7-5-13(6-8-23)21-18(26)16-4-3-12(2)28-16/h3-4,9-10,13H,5-8H2,1-2H3,(H,20,25)(H,21,26). The second-order valence-corrected chi connectivity index (χ2v) is 8.36. The summed E-state index contributed by atoms with van der Waals surface area (Å²) >= 11 is 1.48. The van der Waals surface area contributed by atoms with Crippen molar-refractivity contribution in [1.29, 1.82) is 0 Å². The Hall–Kier alpha value is -2.94. The molecule has 8 nitrogen and oxygen atoms in total. The van der Waals surface area contributed by atoms with Gasteiger partial charge in [-0.25, -0.2) is 4.52 Å². The Bertz CT molecular complexity index is 1100. The molecule has 3 aromatic rings. The number of nitrogens with zero attached hydrogens (tertiary/aromatic N) is 3. The lowest BCUT2D eigenvalue weighted by Gasteiger charge is -2.31. The average Bonchev–Trinajstić information content (AvgIpc) is 3.28. The van der Waals surface area contributed by atoms with Crippen LogP contribution >= 0.6 is 11.3 Å². The summed E-state index contributed by atoms with van der Waals surface area (Å²) in [6, 6.07) is 5.34. The molecular formula is C19H21N5O3S. The lowest BCUT2D eigenvalue weighted by atomic mass is 10.0. The van der Waals surface area contributed by atoms with Gasteiger partial charge in [0.15, 0.2) is 5.69 Å². The summed E-state index contributed by atoms with van der Waals surface area (Å²) < 4.78 is 1.44. The number of aryl methyl sites for hydroxylation is 2. The van der Waals surface area contributed by atoms with Crippen LogP contribution in [0, 0.1) is 13.8 Å². The SMILES string of the molecule is Cc1cn2nc(C(=O)N3CCC(NC(=O)c4ccc(C)s4)CC3)cc2c(=O)[nH]1. The zero-order chi connectivity index (χ0) is 19.8. The molecule has 0 spiro atoms. The fraction of sp³-hybridized carbons (Fsp3) is 0.368. The number of hydrogen-bond acceptors (Lipinski definition) is 5. The molecule has 1 aliphatic rings. The molecule has 0 saturated carbocycles. The van der Waals surface area contributed by atoms with Crippen molar-refractivity contribution in [2.75, 3.05) is 13.1 Å².